The van der Waals surface area contributed by atoms with Crippen LogP contribution in [0.3, 0.4) is 0 Å². The Kier molecular flexibility index (Phi) is 6.01. The molecule has 1 aromatic carbocycles. The molecule has 0 bridgehead atoms. The first kappa shape index (κ1) is 15.3. The Hall–Kier alpha value is -2.09. The third kappa shape index (κ3) is 5.42. The summed E-state index contributed by atoms with van der Waals surface area (Å²) in [4.78, 5) is 11.2. The first-order chi connectivity index (χ1) is 10.3. The second kappa shape index (κ2) is 8.25. The fourth-order valence-electron chi connectivity index (χ4n) is 2.45. The minimum absolute atomic E-state index is 0.0571. The van der Waals surface area contributed by atoms with Crippen molar-refractivity contribution >= 4 is 5.97 Å². The lowest BCUT2D eigenvalue weighted by Crippen LogP contribution is -2.14. The zero-order valence-corrected chi connectivity index (χ0v) is 12.3. The van der Waals surface area contributed by atoms with Crippen molar-refractivity contribution in [3.63, 3.8) is 0 Å². The Balaban J connectivity index is 1.78. The number of hydrogen-bond acceptors (Lipinski definition) is 2. The quantitative estimate of drug-likeness (QED) is 0.571. The normalized spacial score (nSPS) is 17.7. The van der Waals surface area contributed by atoms with E-state index in [1.54, 1.807) is 0 Å². The van der Waals surface area contributed by atoms with Gasteiger partial charge in [0.05, 0.1) is 0 Å². The summed E-state index contributed by atoms with van der Waals surface area (Å²) in [5.74, 6) is -0.339. The average Bonchev–Trinajstić information content (AvgIpc) is 2.74. The highest BCUT2D eigenvalue weighted by molar-refractivity contribution is 5.81. The molecule has 0 radical (unpaired) electrons. The molecule has 0 saturated heterocycles. The summed E-state index contributed by atoms with van der Waals surface area (Å²) >= 11 is 0. The molecule has 2 nitrogen and oxygen atoms in total. The topological polar surface area (TPSA) is 26.3 Å². The molecule has 0 N–H and O–H groups in total. The molecule has 0 spiro atoms. The van der Waals surface area contributed by atoms with E-state index in [4.69, 9.17) is 4.74 Å². The third-order valence-electron chi connectivity index (χ3n) is 3.60. The number of ether oxygens (including phenoxy) is 1. The van der Waals surface area contributed by atoms with Crippen LogP contribution in [-0.4, -0.2) is 12.1 Å². The Morgan fingerprint density at radius 1 is 1.24 bits per heavy atom. The second-order valence-corrected chi connectivity index (χ2v) is 5.25. The molecule has 1 aliphatic carbocycles. The molecule has 21 heavy (non-hydrogen) atoms. The van der Waals surface area contributed by atoms with Crippen LogP contribution in [0.1, 0.15) is 31.2 Å². The molecule has 0 heterocycles. The maximum atomic E-state index is 11.2. The maximum absolute atomic E-state index is 11.2. The van der Waals surface area contributed by atoms with E-state index in [1.165, 1.54) is 17.2 Å². The van der Waals surface area contributed by atoms with Gasteiger partial charge in [-0.3, -0.25) is 0 Å². The Labute approximate surface area is 126 Å². The van der Waals surface area contributed by atoms with Gasteiger partial charge in [0, 0.05) is 18.9 Å². The lowest BCUT2D eigenvalue weighted by Gasteiger charge is -2.12. The molecule has 1 aliphatic rings. The summed E-state index contributed by atoms with van der Waals surface area (Å²) < 4.78 is 5.29. The molecule has 0 amide bonds. The number of carbonyl (C=O) groups is 1. The molecule has 0 aromatic heterocycles. The largest absolute Gasteiger partial charge is 0.459 e. The molecule has 1 unspecified atom stereocenters. The molecule has 110 valence electrons. The van der Waals surface area contributed by atoms with E-state index in [2.05, 4.69) is 49.1 Å². The molecule has 2 heteroatoms. The standard InChI is InChI=1S/C19H22O2/c1-2-19(20)21-18-13-7-12-17(14-15-18)11-6-10-16-8-4-3-5-9-16/h2-5,7-9,12,14,18H,1,6,10-11,13,15H2. The van der Waals surface area contributed by atoms with E-state index >= 15 is 0 Å². The van der Waals surface area contributed by atoms with Crippen molar-refractivity contribution in [3.8, 4) is 0 Å². The zero-order valence-electron chi connectivity index (χ0n) is 12.3. The van der Waals surface area contributed by atoms with Crippen LogP contribution in [0.4, 0.5) is 0 Å². The summed E-state index contributed by atoms with van der Waals surface area (Å²) in [6.45, 7) is 3.43. The number of aryl methyl sites for hydroxylation is 1. The smallest absolute Gasteiger partial charge is 0.330 e. The van der Waals surface area contributed by atoms with Crippen molar-refractivity contribution in [3.05, 3.63) is 72.4 Å². The van der Waals surface area contributed by atoms with Gasteiger partial charge in [-0.1, -0.05) is 60.7 Å². The van der Waals surface area contributed by atoms with Crippen LogP contribution in [0.15, 0.2) is 66.8 Å². The summed E-state index contributed by atoms with van der Waals surface area (Å²) in [5.41, 5.74) is 2.72. The van der Waals surface area contributed by atoms with Gasteiger partial charge in [-0.15, -0.1) is 0 Å². The number of carbonyl (C=O) groups excluding carboxylic acids is 1. The van der Waals surface area contributed by atoms with Gasteiger partial charge < -0.3 is 4.74 Å². The van der Waals surface area contributed by atoms with E-state index in [9.17, 15) is 4.79 Å². The lowest BCUT2D eigenvalue weighted by atomic mass is 10.0. The number of benzene rings is 1. The summed E-state index contributed by atoms with van der Waals surface area (Å²) in [6, 6.07) is 10.5. The minimum atomic E-state index is -0.339. The Morgan fingerprint density at radius 3 is 2.81 bits per heavy atom. The number of esters is 1. The maximum Gasteiger partial charge on any atom is 0.330 e. The monoisotopic (exact) mass is 282 g/mol. The number of allylic oxidation sites excluding steroid dienone is 2. The molecule has 1 aromatic rings. The van der Waals surface area contributed by atoms with Crippen LogP contribution in [0.5, 0.6) is 0 Å². The van der Waals surface area contributed by atoms with E-state index < -0.39 is 0 Å². The van der Waals surface area contributed by atoms with Gasteiger partial charge in [-0.2, -0.15) is 0 Å². The van der Waals surface area contributed by atoms with Gasteiger partial charge in [0.2, 0.25) is 0 Å². The van der Waals surface area contributed by atoms with Gasteiger partial charge in [0.15, 0.2) is 0 Å². The minimum Gasteiger partial charge on any atom is -0.459 e. The second-order valence-electron chi connectivity index (χ2n) is 5.25. The van der Waals surface area contributed by atoms with Gasteiger partial charge in [-0.05, 0) is 24.8 Å². The molecule has 0 aliphatic heterocycles. The van der Waals surface area contributed by atoms with Crippen molar-refractivity contribution in [2.75, 3.05) is 0 Å². The highest BCUT2D eigenvalue weighted by Gasteiger charge is 2.12. The molecule has 0 saturated carbocycles. The highest BCUT2D eigenvalue weighted by Crippen LogP contribution is 2.19. The first-order valence-corrected chi connectivity index (χ1v) is 7.50. The van der Waals surface area contributed by atoms with Crippen LogP contribution in [0, 0.1) is 0 Å². The molecular formula is C19H22O2. The summed E-state index contributed by atoms with van der Waals surface area (Å²) in [5, 5.41) is 0. The number of hydrogen-bond donors (Lipinski definition) is 0. The van der Waals surface area contributed by atoms with Crippen molar-refractivity contribution < 1.29 is 9.53 Å². The first-order valence-electron chi connectivity index (χ1n) is 7.50. The number of rotatable bonds is 6. The van der Waals surface area contributed by atoms with Crippen molar-refractivity contribution in [2.45, 2.75) is 38.2 Å². The van der Waals surface area contributed by atoms with Gasteiger partial charge >= 0.3 is 5.97 Å². The summed E-state index contributed by atoms with van der Waals surface area (Å²) in [6.07, 6.45) is 12.5. The lowest BCUT2D eigenvalue weighted by molar-refractivity contribution is -0.142. The van der Waals surface area contributed by atoms with E-state index in [0.29, 0.717) is 0 Å². The fraction of sp³-hybridized carbons (Fsp3) is 0.316. The summed E-state index contributed by atoms with van der Waals surface area (Å²) in [7, 11) is 0. The van der Waals surface area contributed by atoms with E-state index in [1.807, 2.05) is 6.07 Å². The molecule has 2 rings (SSSR count). The van der Waals surface area contributed by atoms with Crippen LogP contribution < -0.4 is 0 Å². The van der Waals surface area contributed by atoms with E-state index in [0.717, 1.165) is 32.1 Å². The zero-order chi connectivity index (χ0) is 14.9. The van der Waals surface area contributed by atoms with Gasteiger partial charge in [0.25, 0.3) is 0 Å². The van der Waals surface area contributed by atoms with Crippen LogP contribution >= 0.6 is 0 Å². The van der Waals surface area contributed by atoms with Crippen molar-refractivity contribution in [1.82, 2.24) is 0 Å². The van der Waals surface area contributed by atoms with Gasteiger partial charge in [-0.25, -0.2) is 4.79 Å². The molecule has 1 atom stereocenters. The van der Waals surface area contributed by atoms with Crippen LogP contribution in [0.2, 0.25) is 0 Å². The SMILES string of the molecule is C=CC(=O)OC1CC=CC(CCCc2ccccc2)=CC1. The van der Waals surface area contributed by atoms with E-state index in [-0.39, 0.29) is 12.1 Å². The predicted molar refractivity (Wildman–Crippen MR) is 85.9 cm³/mol. The highest BCUT2D eigenvalue weighted by atomic mass is 16.5. The third-order valence-corrected chi connectivity index (χ3v) is 3.60. The predicted octanol–water partition coefficient (Wildman–Crippen LogP) is 4.38. The Morgan fingerprint density at radius 2 is 2.05 bits per heavy atom. The van der Waals surface area contributed by atoms with Crippen molar-refractivity contribution in [2.24, 2.45) is 0 Å². The van der Waals surface area contributed by atoms with Crippen molar-refractivity contribution in [1.29, 1.82) is 0 Å². The molecule has 0 fully saturated rings. The molecular weight excluding hydrogens is 260 g/mol. The van der Waals surface area contributed by atoms with Gasteiger partial charge in [0.1, 0.15) is 6.10 Å². The van der Waals surface area contributed by atoms with Crippen LogP contribution in [-0.2, 0) is 16.0 Å². The fourth-order valence-corrected chi connectivity index (χ4v) is 2.45. The average molecular weight is 282 g/mol. The van der Waals surface area contributed by atoms with Crippen LogP contribution in [0.25, 0.3) is 0 Å². The Bertz CT molecular complexity index is 526.